The standard InChI is InChI=1S/C15H10ClN3OS/c16-13-7-6-11(8-17-13)14(20)19-15-18-12(9-21-15)10-4-2-1-3-5-10/h1-9H,(H,18,19,20). The summed E-state index contributed by atoms with van der Waals surface area (Å²) in [6.07, 6.45) is 1.43. The smallest absolute Gasteiger partial charge is 0.259 e. The van der Waals surface area contributed by atoms with Gasteiger partial charge in [0.1, 0.15) is 5.15 Å². The summed E-state index contributed by atoms with van der Waals surface area (Å²) >= 11 is 7.08. The molecule has 0 atom stereocenters. The Kier molecular flexibility index (Phi) is 3.94. The number of hydrogen-bond donors (Lipinski definition) is 1. The summed E-state index contributed by atoms with van der Waals surface area (Å²) in [4.78, 5) is 20.3. The maximum atomic E-state index is 12.0. The van der Waals surface area contributed by atoms with E-state index >= 15 is 0 Å². The zero-order chi connectivity index (χ0) is 14.7. The van der Waals surface area contributed by atoms with Gasteiger partial charge in [0.05, 0.1) is 11.3 Å². The highest BCUT2D eigenvalue weighted by Gasteiger charge is 2.10. The van der Waals surface area contributed by atoms with Gasteiger partial charge in [0.15, 0.2) is 5.13 Å². The van der Waals surface area contributed by atoms with Gasteiger partial charge in [0, 0.05) is 17.1 Å². The number of amides is 1. The number of thiazole rings is 1. The van der Waals surface area contributed by atoms with Gasteiger partial charge < -0.3 is 0 Å². The molecule has 1 N–H and O–H groups in total. The Labute approximate surface area is 130 Å². The van der Waals surface area contributed by atoms with Gasteiger partial charge in [-0.05, 0) is 12.1 Å². The van der Waals surface area contributed by atoms with Crippen molar-refractivity contribution < 1.29 is 4.79 Å². The third-order valence-corrected chi connectivity index (χ3v) is 3.77. The van der Waals surface area contributed by atoms with E-state index in [2.05, 4.69) is 15.3 Å². The molecule has 2 heterocycles. The fourth-order valence-corrected chi connectivity index (χ4v) is 2.58. The van der Waals surface area contributed by atoms with Crippen molar-refractivity contribution in [2.45, 2.75) is 0 Å². The molecule has 104 valence electrons. The van der Waals surface area contributed by atoms with Gasteiger partial charge in [-0.15, -0.1) is 11.3 Å². The molecular weight excluding hydrogens is 306 g/mol. The van der Waals surface area contributed by atoms with Crippen LogP contribution < -0.4 is 5.32 Å². The van der Waals surface area contributed by atoms with Crippen molar-refractivity contribution in [1.82, 2.24) is 9.97 Å². The lowest BCUT2D eigenvalue weighted by Gasteiger charge is -2.01. The first-order valence-electron chi connectivity index (χ1n) is 6.16. The van der Waals surface area contributed by atoms with Crippen molar-refractivity contribution in [2.75, 3.05) is 5.32 Å². The second-order valence-electron chi connectivity index (χ2n) is 4.23. The Morgan fingerprint density at radius 1 is 1.14 bits per heavy atom. The third kappa shape index (κ3) is 3.26. The molecule has 0 aliphatic heterocycles. The van der Waals surface area contributed by atoms with Gasteiger partial charge >= 0.3 is 0 Å². The van der Waals surface area contributed by atoms with Gasteiger partial charge in [-0.3, -0.25) is 10.1 Å². The van der Waals surface area contributed by atoms with Crippen LogP contribution in [-0.2, 0) is 0 Å². The molecule has 0 saturated heterocycles. The number of benzene rings is 1. The molecule has 0 aliphatic carbocycles. The van der Waals surface area contributed by atoms with Crippen molar-refractivity contribution in [2.24, 2.45) is 0 Å². The van der Waals surface area contributed by atoms with E-state index in [1.165, 1.54) is 17.5 Å². The van der Waals surface area contributed by atoms with Crippen LogP contribution in [0.1, 0.15) is 10.4 Å². The minimum Gasteiger partial charge on any atom is -0.298 e. The normalized spacial score (nSPS) is 10.3. The molecular formula is C15H10ClN3OS. The average Bonchev–Trinajstić information content (AvgIpc) is 2.97. The van der Waals surface area contributed by atoms with E-state index < -0.39 is 0 Å². The van der Waals surface area contributed by atoms with Crippen LogP contribution in [0.5, 0.6) is 0 Å². The Morgan fingerprint density at radius 3 is 2.67 bits per heavy atom. The van der Waals surface area contributed by atoms with Crippen LogP contribution in [0.3, 0.4) is 0 Å². The van der Waals surface area contributed by atoms with Crippen molar-refractivity contribution in [3.05, 3.63) is 64.8 Å². The minimum absolute atomic E-state index is 0.256. The molecule has 0 aliphatic rings. The molecule has 1 aromatic carbocycles. The number of anilines is 1. The van der Waals surface area contributed by atoms with Crippen LogP contribution in [0.2, 0.25) is 5.15 Å². The predicted octanol–water partition coefficient (Wildman–Crippen LogP) is 4.11. The zero-order valence-corrected chi connectivity index (χ0v) is 12.4. The monoisotopic (exact) mass is 315 g/mol. The number of nitrogens with zero attached hydrogens (tertiary/aromatic N) is 2. The summed E-state index contributed by atoms with van der Waals surface area (Å²) in [5, 5.41) is 5.56. The highest BCUT2D eigenvalue weighted by molar-refractivity contribution is 7.14. The first-order chi connectivity index (χ1) is 10.2. The topological polar surface area (TPSA) is 54.9 Å². The summed E-state index contributed by atoms with van der Waals surface area (Å²) in [5.41, 5.74) is 2.29. The fourth-order valence-electron chi connectivity index (χ4n) is 1.75. The number of carbonyl (C=O) groups is 1. The summed E-state index contributed by atoms with van der Waals surface area (Å²) in [6, 6.07) is 13.0. The highest BCUT2D eigenvalue weighted by Crippen LogP contribution is 2.24. The molecule has 0 fully saturated rings. The van der Waals surface area contributed by atoms with E-state index in [0.717, 1.165) is 11.3 Å². The van der Waals surface area contributed by atoms with E-state index in [1.54, 1.807) is 12.1 Å². The Morgan fingerprint density at radius 2 is 1.95 bits per heavy atom. The molecule has 0 saturated carbocycles. The molecule has 6 heteroatoms. The Bertz CT molecular complexity index is 756. The maximum Gasteiger partial charge on any atom is 0.259 e. The molecule has 1 amide bonds. The molecule has 0 bridgehead atoms. The molecule has 0 spiro atoms. The third-order valence-electron chi connectivity index (χ3n) is 2.78. The van der Waals surface area contributed by atoms with E-state index in [4.69, 9.17) is 11.6 Å². The molecule has 4 nitrogen and oxygen atoms in total. The lowest BCUT2D eigenvalue weighted by atomic mass is 10.2. The number of pyridine rings is 1. The number of carbonyl (C=O) groups excluding carboxylic acids is 1. The Balaban J connectivity index is 1.75. The largest absolute Gasteiger partial charge is 0.298 e. The van der Waals surface area contributed by atoms with E-state index in [1.807, 2.05) is 35.7 Å². The number of halogens is 1. The lowest BCUT2D eigenvalue weighted by molar-refractivity contribution is 0.102. The fraction of sp³-hybridized carbons (Fsp3) is 0. The van der Waals surface area contributed by atoms with Crippen LogP contribution >= 0.6 is 22.9 Å². The summed E-state index contributed by atoms with van der Waals surface area (Å²) < 4.78 is 0. The van der Waals surface area contributed by atoms with Gasteiger partial charge in [0.2, 0.25) is 0 Å². The van der Waals surface area contributed by atoms with Crippen LogP contribution in [0.25, 0.3) is 11.3 Å². The van der Waals surface area contributed by atoms with Gasteiger partial charge in [-0.1, -0.05) is 41.9 Å². The van der Waals surface area contributed by atoms with Gasteiger partial charge in [0.25, 0.3) is 5.91 Å². The molecule has 3 aromatic rings. The van der Waals surface area contributed by atoms with Crippen molar-refractivity contribution in [1.29, 1.82) is 0 Å². The molecule has 21 heavy (non-hydrogen) atoms. The molecule has 0 radical (unpaired) electrons. The summed E-state index contributed by atoms with van der Waals surface area (Å²) in [6.45, 7) is 0. The van der Waals surface area contributed by atoms with Crippen molar-refractivity contribution >= 4 is 34.0 Å². The quantitative estimate of drug-likeness (QED) is 0.740. The molecule has 0 unspecified atom stereocenters. The second-order valence-corrected chi connectivity index (χ2v) is 5.47. The number of nitrogens with one attached hydrogen (secondary N) is 1. The van der Waals surface area contributed by atoms with Crippen LogP contribution in [-0.4, -0.2) is 15.9 Å². The van der Waals surface area contributed by atoms with Crippen molar-refractivity contribution in [3.8, 4) is 11.3 Å². The van der Waals surface area contributed by atoms with E-state index in [-0.39, 0.29) is 5.91 Å². The first kappa shape index (κ1) is 13.7. The average molecular weight is 316 g/mol. The predicted molar refractivity (Wildman–Crippen MR) is 84.8 cm³/mol. The number of rotatable bonds is 3. The number of aromatic nitrogens is 2. The van der Waals surface area contributed by atoms with Crippen LogP contribution in [0.4, 0.5) is 5.13 Å². The summed E-state index contributed by atoms with van der Waals surface area (Å²) in [7, 11) is 0. The lowest BCUT2D eigenvalue weighted by Crippen LogP contribution is -2.11. The second kappa shape index (κ2) is 6.03. The van der Waals surface area contributed by atoms with Crippen LogP contribution in [0, 0.1) is 0 Å². The zero-order valence-electron chi connectivity index (χ0n) is 10.8. The van der Waals surface area contributed by atoms with E-state index in [9.17, 15) is 4.79 Å². The maximum absolute atomic E-state index is 12.0. The molecule has 2 aromatic heterocycles. The van der Waals surface area contributed by atoms with Gasteiger partial charge in [-0.25, -0.2) is 9.97 Å². The van der Waals surface area contributed by atoms with Gasteiger partial charge in [-0.2, -0.15) is 0 Å². The summed E-state index contributed by atoms with van der Waals surface area (Å²) in [5.74, 6) is -0.256. The van der Waals surface area contributed by atoms with Crippen LogP contribution in [0.15, 0.2) is 54.0 Å². The minimum atomic E-state index is -0.256. The molecule has 3 rings (SSSR count). The van der Waals surface area contributed by atoms with Crippen molar-refractivity contribution in [3.63, 3.8) is 0 Å². The first-order valence-corrected chi connectivity index (χ1v) is 7.42. The SMILES string of the molecule is O=C(Nc1nc(-c2ccccc2)cs1)c1ccc(Cl)nc1. The van der Waals surface area contributed by atoms with E-state index in [0.29, 0.717) is 15.8 Å². The Hall–Kier alpha value is -2.24. The highest BCUT2D eigenvalue weighted by atomic mass is 35.5. The number of hydrogen-bond acceptors (Lipinski definition) is 4.